The van der Waals surface area contributed by atoms with Crippen molar-refractivity contribution >= 4 is 23.5 Å². The molecular weight excluding hydrogens is 348 g/mol. The second-order valence-electron chi connectivity index (χ2n) is 7.22. The highest BCUT2D eigenvalue weighted by molar-refractivity contribution is 6.00. The fourth-order valence-corrected chi connectivity index (χ4v) is 3.86. The zero-order valence-corrected chi connectivity index (χ0v) is 15.5. The Bertz CT molecular complexity index is 720. The van der Waals surface area contributed by atoms with Crippen molar-refractivity contribution in [1.29, 1.82) is 0 Å². The van der Waals surface area contributed by atoms with Gasteiger partial charge in [-0.1, -0.05) is 31.4 Å². The number of para-hydroxylation sites is 2. The van der Waals surface area contributed by atoms with E-state index in [4.69, 9.17) is 4.74 Å². The van der Waals surface area contributed by atoms with Crippen LogP contribution in [0.5, 0.6) is 5.75 Å². The van der Waals surface area contributed by atoms with Gasteiger partial charge in [-0.25, -0.2) is 0 Å². The molecule has 0 radical (unpaired) electrons. The average Bonchev–Trinajstić information content (AvgIpc) is 2.87. The molecule has 1 heterocycles. The second kappa shape index (κ2) is 8.41. The third-order valence-electron chi connectivity index (χ3n) is 5.32. The van der Waals surface area contributed by atoms with Crippen LogP contribution in [0, 0.1) is 5.92 Å². The van der Waals surface area contributed by atoms with Crippen molar-refractivity contribution < 1.29 is 24.2 Å². The van der Waals surface area contributed by atoms with E-state index < -0.39 is 18.0 Å². The summed E-state index contributed by atoms with van der Waals surface area (Å²) in [4.78, 5) is 38.0. The van der Waals surface area contributed by atoms with Gasteiger partial charge in [-0.2, -0.15) is 0 Å². The summed E-state index contributed by atoms with van der Waals surface area (Å²) in [5.74, 6) is -1.17. The predicted molar refractivity (Wildman–Crippen MR) is 99.6 cm³/mol. The molecule has 7 nitrogen and oxygen atoms in total. The van der Waals surface area contributed by atoms with Gasteiger partial charge in [0.05, 0.1) is 11.6 Å². The van der Waals surface area contributed by atoms with Gasteiger partial charge < -0.3 is 20.1 Å². The Morgan fingerprint density at radius 1 is 1.22 bits per heavy atom. The summed E-state index contributed by atoms with van der Waals surface area (Å²) in [5, 5.41) is 12.3. The standard InChI is InChI=1S/C20H26N2O5/c1-13-19(24)22(16-9-5-6-10-17(16)27-13)12-11-18(23)21-15-8-4-2-3-7-14(15)20(25)26/h5-6,9-10,13-15H,2-4,7-8,11-12H2,1H3,(H,21,23)(H,25,26)/t13?,14-,15+/m1/s1. The van der Waals surface area contributed by atoms with Crippen molar-refractivity contribution in [2.24, 2.45) is 5.92 Å². The third-order valence-corrected chi connectivity index (χ3v) is 5.32. The zero-order valence-electron chi connectivity index (χ0n) is 15.5. The smallest absolute Gasteiger partial charge is 0.308 e. The molecule has 1 fully saturated rings. The van der Waals surface area contributed by atoms with Crippen molar-refractivity contribution in [2.45, 2.75) is 57.6 Å². The Morgan fingerprint density at radius 2 is 1.96 bits per heavy atom. The van der Waals surface area contributed by atoms with Crippen LogP contribution in [0.1, 0.15) is 45.4 Å². The van der Waals surface area contributed by atoms with Gasteiger partial charge in [0.15, 0.2) is 6.10 Å². The van der Waals surface area contributed by atoms with Crippen LogP contribution in [0.2, 0.25) is 0 Å². The van der Waals surface area contributed by atoms with Crippen molar-refractivity contribution in [3.05, 3.63) is 24.3 Å². The summed E-state index contributed by atoms with van der Waals surface area (Å²) in [6.45, 7) is 1.92. The summed E-state index contributed by atoms with van der Waals surface area (Å²) in [6.07, 6.45) is 3.58. The molecule has 2 N–H and O–H groups in total. The molecule has 0 saturated heterocycles. The lowest BCUT2D eigenvalue weighted by molar-refractivity contribution is -0.143. The number of hydrogen-bond acceptors (Lipinski definition) is 4. The molecule has 27 heavy (non-hydrogen) atoms. The number of nitrogens with one attached hydrogen (secondary N) is 1. The molecule has 1 aliphatic carbocycles. The van der Waals surface area contributed by atoms with Gasteiger partial charge in [0.2, 0.25) is 5.91 Å². The van der Waals surface area contributed by atoms with E-state index in [-0.39, 0.29) is 30.8 Å². The minimum Gasteiger partial charge on any atom is -0.481 e. The van der Waals surface area contributed by atoms with Crippen LogP contribution in [-0.4, -0.2) is 41.6 Å². The Labute approximate surface area is 158 Å². The quantitative estimate of drug-likeness (QED) is 0.771. The monoisotopic (exact) mass is 374 g/mol. The first-order chi connectivity index (χ1) is 13.0. The largest absolute Gasteiger partial charge is 0.481 e. The van der Waals surface area contributed by atoms with Gasteiger partial charge in [-0.15, -0.1) is 0 Å². The van der Waals surface area contributed by atoms with Gasteiger partial charge in [-0.3, -0.25) is 14.4 Å². The van der Waals surface area contributed by atoms with E-state index in [9.17, 15) is 19.5 Å². The minimum absolute atomic E-state index is 0.121. The van der Waals surface area contributed by atoms with Crippen LogP contribution in [0.25, 0.3) is 0 Å². The SMILES string of the molecule is CC1Oc2ccccc2N(CCC(=O)N[C@H]2CCCCC[C@H]2C(=O)O)C1=O. The normalized spacial score (nSPS) is 25.1. The van der Waals surface area contributed by atoms with Gasteiger partial charge in [0.25, 0.3) is 5.91 Å². The first-order valence-corrected chi connectivity index (χ1v) is 9.56. The van der Waals surface area contributed by atoms with E-state index in [1.165, 1.54) is 0 Å². The maximum Gasteiger partial charge on any atom is 0.308 e. The first kappa shape index (κ1) is 19.2. The van der Waals surface area contributed by atoms with Crippen LogP contribution in [0.3, 0.4) is 0 Å². The molecule has 1 unspecified atom stereocenters. The van der Waals surface area contributed by atoms with Crippen LogP contribution in [0.4, 0.5) is 5.69 Å². The number of carboxylic acids is 1. The molecular formula is C20H26N2O5. The molecule has 3 atom stereocenters. The molecule has 0 aromatic heterocycles. The van der Waals surface area contributed by atoms with Gasteiger partial charge in [-0.05, 0) is 31.9 Å². The summed E-state index contributed by atoms with van der Waals surface area (Å²) in [7, 11) is 0. The average molecular weight is 374 g/mol. The van der Waals surface area contributed by atoms with Crippen LogP contribution in [0.15, 0.2) is 24.3 Å². The number of fused-ring (bicyclic) bond motifs is 1. The van der Waals surface area contributed by atoms with Gasteiger partial charge in [0.1, 0.15) is 5.75 Å². The Balaban J connectivity index is 1.63. The predicted octanol–water partition coefficient (Wildman–Crippen LogP) is 2.34. The van der Waals surface area contributed by atoms with Crippen molar-refractivity contribution in [3.8, 4) is 5.75 Å². The number of amides is 2. The minimum atomic E-state index is -0.853. The van der Waals surface area contributed by atoms with E-state index in [2.05, 4.69) is 5.32 Å². The molecule has 0 bridgehead atoms. The van der Waals surface area contributed by atoms with E-state index >= 15 is 0 Å². The molecule has 2 amide bonds. The number of carboxylic acid groups (broad SMARTS) is 1. The lowest BCUT2D eigenvalue weighted by Crippen LogP contribution is -2.47. The van der Waals surface area contributed by atoms with E-state index in [0.717, 1.165) is 19.3 Å². The highest BCUT2D eigenvalue weighted by Gasteiger charge is 2.33. The highest BCUT2D eigenvalue weighted by atomic mass is 16.5. The Hall–Kier alpha value is -2.57. The number of hydrogen-bond donors (Lipinski definition) is 2. The molecule has 2 aliphatic rings. The topological polar surface area (TPSA) is 95.9 Å². The number of nitrogens with zero attached hydrogens (tertiary/aromatic N) is 1. The van der Waals surface area contributed by atoms with Crippen LogP contribution >= 0.6 is 0 Å². The number of aliphatic carboxylic acids is 1. The molecule has 1 saturated carbocycles. The van der Waals surface area contributed by atoms with Crippen LogP contribution in [-0.2, 0) is 14.4 Å². The molecule has 0 spiro atoms. The molecule has 146 valence electrons. The van der Waals surface area contributed by atoms with Gasteiger partial charge in [0, 0.05) is 19.0 Å². The lowest BCUT2D eigenvalue weighted by Gasteiger charge is -2.33. The second-order valence-corrected chi connectivity index (χ2v) is 7.22. The maximum atomic E-state index is 12.5. The Morgan fingerprint density at radius 3 is 2.74 bits per heavy atom. The molecule has 1 aromatic rings. The summed E-state index contributed by atoms with van der Waals surface area (Å²) in [5.41, 5.74) is 0.659. The van der Waals surface area contributed by atoms with E-state index in [1.807, 2.05) is 12.1 Å². The third kappa shape index (κ3) is 4.40. The number of anilines is 1. The fourth-order valence-electron chi connectivity index (χ4n) is 3.86. The van der Waals surface area contributed by atoms with E-state index in [0.29, 0.717) is 24.3 Å². The number of rotatable bonds is 5. The van der Waals surface area contributed by atoms with Crippen molar-refractivity contribution in [2.75, 3.05) is 11.4 Å². The first-order valence-electron chi connectivity index (χ1n) is 9.56. The van der Waals surface area contributed by atoms with Crippen LogP contribution < -0.4 is 15.0 Å². The number of ether oxygens (including phenoxy) is 1. The molecule has 3 rings (SSSR count). The molecule has 1 aliphatic heterocycles. The maximum absolute atomic E-state index is 12.5. The molecule has 1 aromatic carbocycles. The summed E-state index contributed by atoms with van der Waals surface area (Å²) in [6, 6.07) is 6.91. The summed E-state index contributed by atoms with van der Waals surface area (Å²) >= 11 is 0. The number of carbonyl (C=O) groups is 3. The summed E-state index contributed by atoms with van der Waals surface area (Å²) < 4.78 is 5.60. The lowest BCUT2D eigenvalue weighted by atomic mass is 9.95. The Kier molecular flexibility index (Phi) is 5.98. The fraction of sp³-hybridized carbons (Fsp3) is 0.550. The molecule has 7 heteroatoms. The van der Waals surface area contributed by atoms with Crippen molar-refractivity contribution in [3.63, 3.8) is 0 Å². The zero-order chi connectivity index (χ0) is 19.4. The highest BCUT2D eigenvalue weighted by Crippen LogP contribution is 2.33. The van der Waals surface area contributed by atoms with Gasteiger partial charge >= 0.3 is 5.97 Å². The van der Waals surface area contributed by atoms with E-state index in [1.54, 1.807) is 24.0 Å². The van der Waals surface area contributed by atoms with Crippen molar-refractivity contribution in [1.82, 2.24) is 5.32 Å². The number of benzene rings is 1. The number of carbonyl (C=O) groups excluding carboxylic acids is 2.